The summed E-state index contributed by atoms with van der Waals surface area (Å²) in [5, 5.41) is 13.9. The van der Waals surface area contributed by atoms with Crippen LogP contribution in [0.3, 0.4) is 0 Å². The molecule has 56 heavy (non-hydrogen) atoms. The predicted molar refractivity (Wildman–Crippen MR) is 230 cm³/mol. The third-order valence-corrected chi connectivity index (χ3v) is 12.9. The van der Waals surface area contributed by atoms with Crippen molar-refractivity contribution in [3.05, 3.63) is 226 Å². The summed E-state index contributed by atoms with van der Waals surface area (Å²) in [5.74, 6) is 1.34. The van der Waals surface area contributed by atoms with E-state index in [1.54, 1.807) is 0 Å². The van der Waals surface area contributed by atoms with Gasteiger partial charge in [0.1, 0.15) is 0 Å². The van der Waals surface area contributed by atoms with Crippen molar-refractivity contribution in [2.45, 2.75) is 56.5 Å². The minimum atomic E-state index is -0.528. The maximum Gasteiger partial charge on any atom is 0.0991 e. The summed E-state index contributed by atoms with van der Waals surface area (Å²) in [4.78, 5) is 0. The summed E-state index contributed by atoms with van der Waals surface area (Å²) in [7, 11) is 0. The van der Waals surface area contributed by atoms with Gasteiger partial charge in [0.05, 0.1) is 17.0 Å². The van der Waals surface area contributed by atoms with E-state index in [0.29, 0.717) is 23.3 Å². The lowest BCUT2D eigenvalue weighted by Gasteiger charge is -2.42. The molecule has 1 heterocycles. The van der Waals surface area contributed by atoms with Crippen LogP contribution in [0.5, 0.6) is 0 Å². The SMILES string of the molecule is CCC1C(c2ccccc2)CC[C@H](C)C(c2ccc3c(c2)C(c2ccccc2)(c2ccccc2)c2cc(-c4ccc(C#N)cc4)ccc2-3)NC1c1ccccc1. The third kappa shape index (κ3) is 6.18. The molecule has 0 radical (unpaired) electrons. The van der Waals surface area contributed by atoms with Gasteiger partial charge >= 0.3 is 0 Å². The van der Waals surface area contributed by atoms with E-state index in [9.17, 15) is 5.26 Å². The molecular weight excluding hydrogens is 677 g/mol. The summed E-state index contributed by atoms with van der Waals surface area (Å²) >= 11 is 0. The van der Waals surface area contributed by atoms with Gasteiger partial charge in [-0.2, -0.15) is 5.26 Å². The van der Waals surface area contributed by atoms with Crippen LogP contribution in [0, 0.1) is 23.2 Å². The molecule has 1 saturated heterocycles. The smallest absolute Gasteiger partial charge is 0.0991 e. The number of rotatable bonds is 7. The molecule has 2 heteroatoms. The highest BCUT2D eigenvalue weighted by Crippen LogP contribution is 2.57. The standard InChI is InChI=1S/C54H48N2/c1-3-46-47(40-16-8-4-9-17-40)31-24-37(2)52(56-53(46)41-18-10-5-11-19-41)43-30-33-49-48-32-29-42(39-27-25-38(36-55)26-28-39)34-50(48)54(51(49)35-43,44-20-12-6-13-21-44)45-22-14-7-15-23-45/h4-23,25-30,32-35,37,46-47,52-53,56H,3,24,31H2,1-2H3/t37-,46?,47?,52?,53?/m0/s1. The van der Waals surface area contributed by atoms with Crippen LogP contribution in [-0.2, 0) is 5.41 Å². The Kier molecular flexibility index (Phi) is 9.72. The number of benzene rings is 7. The molecule has 0 spiro atoms. The molecule has 5 atom stereocenters. The average Bonchev–Trinajstić information content (AvgIpc) is 3.56. The van der Waals surface area contributed by atoms with Crippen molar-refractivity contribution < 1.29 is 0 Å². The van der Waals surface area contributed by atoms with Gasteiger partial charge in [-0.1, -0.05) is 184 Å². The molecule has 4 unspecified atom stereocenters. The van der Waals surface area contributed by atoms with E-state index in [1.807, 2.05) is 12.1 Å². The fraction of sp³-hybridized carbons (Fsp3) is 0.204. The second kappa shape index (κ2) is 15.3. The Morgan fingerprint density at radius 2 is 1.09 bits per heavy atom. The third-order valence-electron chi connectivity index (χ3n) is 12.9. The first-order valence-electron chi connectivity index (χ1n) is 20.4. The first-order valence-corrected chi connectivity index (χ1v) is 20.4. The van der Waals surface area contributed by atoms with Crippen LogP contribution in [0.1, 0.15) is 95.6 Å². The first kappa shape index (κ1) is 35.7. The Labute approximate surface area is 332 Å². The van der Waals surface area contributed by atoms with E-state index in [4.69, 9.17) is 0 Å². The van der Waals surface area contributed by atoms with Gasteiger partial charge in [-0.25, -0.2) is 0 Å². The molecule has 274 valence electrons. The second-order valence-corrected chi connectivity index (χ2v) is 15.9. The molecule has 1 aliphatic carbocycles. The monoisotopic (exact) mass is 724 g/mol. The van der Waals surface area contributed by atoms with Crippen LogP contribution in [0.4, 0.5) is 0 Å². The molecule has 2 aliphatic rings. The van der Waals surface area contributed by atoms with Crippen LogP contribution < -0.4 is 5.32 Å². The highest BCUT2D eigenvalue weighted by Gasteiger charge is 2.47. The molecule has 0 saturated carbocycles. The Bertz CT molecular complexity index is 2430. The van der Waals surface area contributed by atoms with E-state index in [-0.39, 0.29) is 12.1 Å². The lowest BCUT2D eigenvalue weighted by molar-refractivity contribution is 0.195. The molecule has 0 bridgehead atoms. The molecule has 9 rings (SSSR count). The van der Waals surface area contributed by atoms with Gasteiger partial charge in [0.25, 0.3) is 0 Å². The molecule has 7 aromatic carbocycles. The molecule has 2 nitrogen and oxygen atoms in total. The Hall–Kier alpha value is -6.01. The van der Waals surface area contributed by atoms with Gasteiger partial charge in [-0.05, 0) is 110 Å². The number of nitriles is 1. The van der Waals surface area contributed by atoms with Gasteiger partial charge < -0.3 is 5.32 Å². The van der Waals surface area contributed by atoms with Crippen LogP contribution >= 0.6 is 0 Å². The van der Waals surface area contributed by atoms with Crippen LogP contribution in [0.2, 0.25) is 0 Å². The molecule has 7 aromatic rings. The summed E-state index contributed by atoms with van der Waals surface area (Å²) in [6.07, 6.45) is 3.40. The maximum atomic E-state index is 9.51. The van der Waals surface area contributed by atoms with E-state index in [2.05, 4.69) is 195 Å². The van der Waals surface area contributed by atoms with E-state index < -0.39 is 5.41 Å². The minimum Gasteiger partial charge on any atom is -0.303 e. The van der Waals surface area contributed by atoms with Crippen molar-refractivity contribution in [2.24, 2.45) is 11.8 Å². The zero-order valence-electron chi connectivity index (χ0n) is 32.3. The normalized spacial score (nSPS) is 21.2. The Balaban J connectivity index is 1.22. The van der Waals surface area contributed by atoms with Crippen molar-refractivity contribution in [1.29, 1.82) is 5.26 Å². The molecule has 0 aromatic heterocycles. The highest BCUT2D eigenvalue weighted by molar-refractivity contribution is 5.88. The Morgan fingerprint density at radius 1 is 0.554 bits per heavy atom. The van der Waals surface area contributed by atoms with Gasteiger partial charge in [-0.3, -0.25) is 0 Å². The summed E-state index contributed by atoms with van der Waals surface area (Å²) in [6, 6.07) is 69.7. The van der Waals surface area contributed by atoms with E-state index in [1.165, 1.54) is 50.1 Å². The predicted octanol–water partition coefficient (Wildman–Crippen LogP) is 13.2. The summed E-state index contributed by atoms with van der Waals surface area (Å²) < 4.78 is 0. The minimum absolute atomic E-state index is 0.165. The van der Waals surface area contributed by atoms with Crippen molar-refractivity contribution in [1.82, 2.24) is 5.32 Å². The fourth-order valence-electron chi connectivity index (χ4n) is 10.2. The summed E-state index contributed by atoms with van der Waals surface area (Å²) in [5.41, 5.74) is 14.3. The van der Waals surface area contributed by atoms with Crippen LogP contribution in [0.25, 0.3) is 22.3 Å². The zero-order chi connectivity index (χ0) is 38.1. The number of nitrogens with one attached hydrogen (secondary N) is 1. The van der Waals surface area contributed by atoms with Crippen molar-refractivity contribution in [3.63, 3.8) is 0 Å². The van der Waals surface area contributed by atoms with Crippen molar-refractivity contribution in [2.75, 3.05) is 0 Å². The fourth-order valence-corrected chi connectivity index (χ4v) is 10.2. The number of fused-ring (bicyclic) bond motifs is 3. The molecular formula is C54H48N2. The zero-order valence-corrected chi connectivity index (χ0v) is 32.3. The molecule has 0 amide bonds. The van der Waals surface area contributed by atoms with Gasteiger partial charge in [0.15, 0.2) is 0 Å². The average molecular weight is 725 g/mol. The second-order valence-electron chi connectivity index (χ2n) is 15.9. The van der Waals surface area contributed by atoms with Gasteiger partial charge in [-0.15, -0.1) is 0 Å². The highest BCUT2D eigenvalue weighted by atomic mass is 15.0. The van der Waals surface area contributed by atoms with Crippen LogP contribution in [0.15, 0.2) is 182 Å². The van der Waals surface area contributed by atoms with Crippen molar-refractivity contribution >= 4 is 0 Å². The van der Waals surface area contributed by atoms with E-state index >= 15 is 0 Å². The van der Waals surface area contributed by atoms with Gasteiger partial charge in [0, 0.05) is 12.1 Å². The van der Waals surface area contributed by atoms with E-state index in [0.717, 1.165) is 30.4 Å². The van der Waals surface area contributed by atoms with Crippen LogP contribution in [-0.4, -0.2) is 0 Å². The topological polar surface area (TPSA) is 35.8 Å². The number of nitrogens with zero attached hydrogens (tertiary/aromatic N) is 1. The Morgan fingerprint density at radius 3 is 1.68 bits per heavy atom. The van der Waals surface area contributed by atoms with Gasteiger partial charge in [0.2, 0.25) is 0 Å². The largest absolute Gasteiger partial charge is 0.303 e. The lowest BCUT2D eigenvalue weighted by atomic mass is 9.67. The quantitative estimate of drug-likeness (QED) is 0.178. The lowest BCUT2D eigenvalue weighted by Crippen LogP contribution is -2.39. The van der Waals surface area contributed by atoms with Crippen molar-refractivity contribution in [3.8, 4) is 28.3 Å². The summed E-state index contributed by atoms with van der Waals surface area (Å²) in [6.45, 7) is 4.84. The molecule has 1 aliphatic heterocycles. The molecule has 1 fully saturated rings. The first-order chi connectivity index (χ1) is 27.6. The number of hydrogen-bond donors (Lipinski definition) is 1. The number of hydrogen-bond acceptors (Lipinski definition) is 2. The maximum absolute atomic E-state index is 9.51. The molecule has 1 N–H and O–H groups in total.